The first-order valence-corrected chi connectivity index (χ1v) is 7.33. The van der Waals surface area contributed by atoms with Crippen LogP contribution < -0.4 is 9.47 Å². The van der Waals surface area contributed by atoms with Crippen molar-refractivity contribution in [1.29, 1.82) is 0 Å². The number of benzene rings is 1. The van der Waals surface area contributed by atoms with Crippen molar-refractivity contribution in [1.82, 2.24) is 4.90 Å². The zero-order chi connectivity index (χ0) is 15.2. The van der Waals surface area contributed by atoms with Gasteiger partial charge >= 0.3 is 0 Å². The van der Waals surface area contributed by atoms with Crippen LogP contribution in [0.25, 0.3) is 0 Å². The van der Waals surface area contributed by atoms with Crippen molar-refractivity contribution in [3.8, 4) is 11.5 Å². The molecule has 0 aliphatic carbocycles. The van der Waals surface area contributed by atoms with Gasteiger partial charge in [0.15, 0.2) is 17.3 Å². The molecule has 5 nitrogen and oxygen atoms in total. The van der Waals surface area contributed by atoms with E-state index in [1.807, 2.05) is 13.8 Å². The summed E-state index contributed by atoms with van der Waals surface area (Å²) >= 11 is 1.39. The van der Waals surface area contributed by atoms with Gasteiger partial charge in [0, 0.05) is 18.7 Å². The number of ketones is 1. The maximum absolute atomic E-state index is 12.3. The molecule has 1 aromatic carbocycles. The summed E-state index contributed by atoms with van der Waals surface area (Å²) in [5.74, 6) is 1.05. The van der Waals surface area contributed by atoms with Crippen LogP contribution in [0.3, 0.4) is 0 Å². The van der Waals surface area contributed by atoms with Gasteiger partial charge in [-0.2, -0.15) is 0 Å². The fourth-order valence-corrected chi connectivity index (χ4v) is 3.38. The quantitative estimate of drug-likeness (QED) is 0.620. The van der Waals surface area contributed by atoms with E-state index < -0.39 is 4.75 Å². The van der Waals surface area contributed by atoms with Gasteiger partial charge < -0.3 is 14.4 Å². The molecule has 0 atom stereocenters. The summed E-state index contributed by atoms with van der Waals surface area (Å²) < 4.78 is 9.95. The molecule has 2 aliphatic rings. The highest BCUT2D eigenvalue weighted by Gasteiger charge is 2.41. The van der Waals surface area contributed by atoms with Crippen molar-refractivity contribution in [3.63, 3.8) is 0 Å². The van der Waals surface area contributed by atoms with Gasteiger partial charge in [0.1, 0.15) is 0 Å². The molecular formula is C15H15NO4S. The number of hydrogen-bond acceptors (Lipinski definition) is 5. The first-order valence-electron chi connectivity index (χ1n) is 6.51. The Bertz CT molecular complexity index is 666. The molecule has 110 valence electrons. The third-order valence-corrected chi connectivity index (χ3v) is 4.71. The van der Waals surface area contributed by atoms with Gasteiger partial charge in [-0.15, -0.1) is 0 Å². The minimum atomic E-state index is -0.532. The lowest BCUT2D eigenvalue weighted by Gasteiger charge is -2.12. The second-order valence-corrected chi connectivity index (χ2v) is 7.03. The monoisotopic (exact) mass is 305 g/mol. The second-order valence-electron chi connectivity index (χ2n) is 5.39. The van der Waals surface area contributed by atoms with E-state index in [4.69, 9.17) is 9.47 Å². The Balaban J connectivity index is 1.87. The predicted molar refractivity (Wildman–Crippen MR) is 79.4 cm³/mol. The largest absolute Gasteiger partial charge is 0.454 e. The van der Waals surface area contributed by atoms with E-state index in [1.54, 1.807) is 25.2 Å². The van der Waals surface area contributed by atoms with E-state index >= 15 is 0 Å². The molecule has 0 aromatic heterocycles. The second kappa shape index (κ2) is 4.80. The van der Waals surface area contributed by atoms with E-state index in [-0.39, 0.29) is 18.5 Å². The highest BCUT2D eigenvalue weighted by Crippen LogP contribution is 2.42. The number of allylic oxidation sites excluding steroid dienone is 1. The number of ether oxygens (including phenoxy) is 2. The van der Waals surface area contributed by atoms with Crippen molar-refractivity contribution < 1.29 is 19.1 Å². The van der Waals surface area contributed by atoms with Crippen LogP contribution in [0.1, 0.15) is 24.2 Å². The van der Waals surface area contributed by atoms with Crippen LogP contribution >= 0.6 is 11.8 Å². The highest BCUT2D eigenvalue weighted by molar-refractivity contribution is 8.05. The number of hydrogen-bond donors (Lipinski definition) is 0. The maximum atomic E-state index is 12.3. The summed E-state index contributed by atoms with van der Waals surface area (Å²) in [4.78, 5) is 25.9. The van der Waals surface area contributed by atoms with Gasteiger partial charge in [0.05, 0.1) is 9.78 Å². The number of carbonyl (C=O) groups excluding carboxylic acids is 2. The average molecular weight is 305 g/mol. The lowest BCUT2D eigenvalue weighted by Crippen LogP contribution is -2.31. The van der Waals surface area contributed by atoms with E-state index in [0.29, 0.717) is 22.1 Å². The topological polar surface area (TPSA) is 55.8 Å². The first-order chi connectivity index (χ1) is 9.88. The Hall–Kier alpha value is -1.95. The molecule has 2 heterocycles. The molecular weight excluding hydrogens is 290 g/mol. The van der Waals surface area contributed by atoms with Crippen LogP contribution in [0.5, 0.6) is 11.5 Å². The van der Waals surface area contributed by atoms with Crippen molar-refractivity contribution in [2.75, 3.05) is 13.8 Å². The SMILES string of the molecule is CN1C(=O)C(C)(C)S/C1=C\C(=O)c1ccc2c(c1)OCO2. The molecule has 0 spiro atoms. The number of fused-ring (bicyclic) bond motifs is 1. The molecule has 1 saturated heterocycles. The van der Waals surface area contributed by atoms with E-state index in [9.17, 15) is 9.59 Å². The molecule has 0 unspecified atom stereocenters. The fourth-order valence-electron chi connectivity index (χ4n) is 2.25. The molecule has 1 amide bonds. The molecule has 2 aliphatic heterocycles. The molecule has 0 bridgehead atoms. The Labute approximate surface area is 126 Å². The number of nitrogens with zero attached hydrogens (tertiary/aromatic N) is 1. The van der Waals surface area contributed by atoms with Crippen LogP contribution in [-0.4, -0.2) is 35.2 Å². The molecule has 6 heteroatoms. The molecule has 3 rings (SSSR count). The Morgan fingerprint density at radius 3 is 2.71 bits per heavy atom. The predicted octanol–water partition coefficient (Wildman–Crippen LogP) is 2.42. The molecule has 1 fully saturated rings. The van der Waals surface area contributed by atoms with Crippen LogP contribution in [0.4, 0.5) is 0 Å². The summed E-state index contributed by atoms with van der Waals surface area (Å²) in [5, 5.41) is 0.660. The van der Waals surface area contributed by atoms with Gasteiger partial charge in [-0.1, -0.05) is 11.8 Å². The van der Waals surface area contributed by atoms with Crippen LogP contribution in [-0.2, 0) is 4.79 Å². The summed E-state index contributed by atoms with van der Waals surface area (Å²) in [6.45, 7) is 3.88. The summed E-state index contributed by atoms with van der Waals surface area (Å²) in [7, 11) is 1.68. The fraction of sp³-hybridized carbons (Fsp3) is 0.333. The molecule has 0 radical (unpaired) electrons. The van der Waals surface area contributed by atoms with Crippen LogP contribution in [0, 0.1) is 0 Å². The zero-order valence-electron chi connectivity index (χ0n) is 12.0. The summed E-state index contributed by atoms with van der Waals surface area (Å²) in [5.41, 5.74) is 0.512. The number of thioether (sulfide) groups is 1. The standard InChI is InChI=1S/C15H15NO4S/c1-15(2)14(18)16(3)13(21-15)7-10(17)9-4-5-11-12(6-9)20-8-19-11/h4-7H,8H2,1-3H3/b13-7-. The van der Waals surface area contributed by atoms with Crippen LogP contribution in [0.15, 0.2) is 29.3 Å². The van der Waals surface area contributed by atoms with Gasteiger partial charge in [-0.05, 0) is 32.0 Å². The van der Waals surface area contributed by atoms with Crippen LogP contribution in [0.2, 0.25) is 0 Å². The lowest BCUT2D eigenvalue weighted by atomic mass is 10.1. The van der Waals surface area contributed by atoms with E-state index in [2.05, 4.69) is 0 Å². The first kappa shape index (κ1) is 14.0. The third kappa shape index (κ3) is 2.40. The normalized spacial score (nSPS) is 21.2. The van der Waals surface area contributed by atoms with Crippen molar-refractivity contribution in [2.45, 2.75) is 18.6 Å². The third-order valence-electron chi connectivity index (χ3n) is 3.42. The Morgan fingerprint density at radius 2 is 2.05 bits per heavy atom. The molecule has 1 aromatic rings. The molecule has 0 N–H and O–H groups in total. The number of carbonyl (C=O) groups is 2. The van der Waals surface area contributed by atoms with Crippen molar-refractivity contribution in [2.24, 2.45) is 0 Å². The van der Waals surface area contributed by atoms with Gasteiger partial charge in [-0.25, -0.2) is 0 Å². The molecule has 21 heavy (non-hydrogen) atoms. The molecule has 0 saturated carbocycles. The van der Waals surface area contributed by atoms with Gasteiger partial charge in [0.25, 0.3) is 0 Å². The maximum Gasteiger partial charge on any atom is 0.243 e. The number of amides is 1. The summed E-state index contributed by atoms with van der Waals surface area (Å²) in [6.07, 6.45) is 1.49. The zero-order valence-corrected chi connectivity index (χ0v) is 12.8. The van der Waals surface area contributed by atoms with Crippen molar-refractivity contribution in [3.05, 3.63) is 34.9 Å². The smallest absolute Gasteiger partial charge is 0.243 e. The average Bonchev–Trinajstić information content (AvgIpc) is 2.97. The van der Waals surface area contributed by atoms with E-state index in [1.165, 1.54) is 22.7 Å². The number of rotatable bonds is 2. The highest BCUT2D eigenvalue weighted by atomic mass is 32.2. The van der Waals surface area contributed by atoms with Crippen molar-refractivity contribution >= 4 is 23.5 Å². The lowest BCUT2D eigenvalue weighted by molar-refractivity contribution is -0.128. The van der Waals surface area contributed by atoms with E-state index in [0.717, 1.165) is 0 Å². The Morgan fingerprint density at radius 1 is 1.33 bits per heavy atom. The Kier molecular flexibility index (Phi) is 3.20. The minimum absolute atomic E-state index is 0.00256. The van der Waals surface area contributed by atoms with Gasteiger partial charge in [0.2, 0.25) is 12.7 Å². The van der Waals surface area contributed by atoms with Gasteiger partial charge in [-0.3, -0.25) is 9.59 Å². The minimum Gasteiger partial charge on any atom is -0.454 e. The summed E-state index contributed by atoms with van der Waals surface area (Å²) in [6, 6.07) is 5.07.